The second-order valence-electron chi connectivity index (χ2n) is 4.97. The number of hydrogen-bond donors (Lipinski definition) is 1. The smallest absolute Gasteiger partial charge is 0.0517 e. The SMILES string of the molecule is C1=CC(NC2CCCCC2)c2ccccc21. The fourth-order valence-electron chi connectivity index (χ4n) is 2.92. The molecule has 0 aliphatic heterocycles. The molecule has 1 saturated carbocycles. The molecule has 16 heavy (non-hydrogen) atoms. The fraction of sp³-hybridized carbons (Fsp3) is 0.467. The summed E-state index contributed by atoms with van der Waals surface area (Å²) in [7, 11) is 0. The van der Waals surface area contributed by atoms with Crippen LogP contribution in [0.2, 0.25) is 0 Å². The summed E-state index contributed by atoms with van der Waals surface area (Å²) in [4.78, 5) is 0. The zero-order chi connectivity index (χ0) is 10.8. The summed E-state index contributed by atoms with van der Waals surface area (Å²) in [6.07, 6.45) is 11.5. The summed E-state index contributed by atoms with van der Waals surface area (Å²) in [6, 6.07) is 9.89. The van der Waals surface area contributed by atoms with E-state index in [1.165, 1.54) is 43.2 Å². The molecule has 3 rings (SSSR count). The van der Waals surface area contributed by atoms with Gasteiger partial charge < -0.3 is 5.32 Å². The van der Waals surface area contributed by atoms with Gasteiger partial charge in [-0.25, -0.2) is 0 Å². The van der Waals surface area contributed by atoms with Crippen molar-refractivity contribution in [3.8, 4) is 0 Å². The van der Waals surface area contributed by atoms with Crippen LogP contribution >= 0.6 is 0 Å². The van der Waals surface area contributed by atoms with Crippen molar-refractivity contribution in [2.45, 2.75) is 44.2 Å². The monoisotopic (exact) mass is 213 g/mol. The van der Waals surface area contributed by atoms with Crippen molar-refractivity contribution >= 4 is 6.08 Å². The number of benzene rings is 1. The quantitative estimate of drug-likeness (QED) is 0.790. The minimum atomic E-state index is 0.458. The highest BCUT2D eigenvalue weighted by Gasteiger charge is 2.21. The predicted octanol–water partition coefficient (Wildman–Crippen LogP) is 3.68. The third kappa shape index (κ3) is 1.92. The van der Waals surface area contributed by atoms with Gasteiger partial charge in [0.1, 0.15) is 0 Å². The molecule has 0 saturated heterocycles. The molecule has 0 heterocycles. The van der Waals surface area contributed by atoms with E-state index < -0.39 is 0 Å². The topological polar surface area (TPSA) is 12.0 Å². The Morgan fingerprint density at radius 3 is 2.69 bits per heavy atom. The summed E-state index contributed by atoms with van der Waals surface area (Å²) in [6.45, 7) is 0. The van der Waals surface area contributed by atoms with Crippen LogP contribution in [0.3, 0.4) is 0 Å². The molecule has 2 aliphatic rings. The first kappa shape index (κ1) is 10.1. The Balaban J connectivity index is 1.70. The number of rotatable bonds is 2. The normalized spacial score (nSPS) is 24.6. The predicted molar refractivity (Wildman–Crippen MR) is 68.2 cm³/mol. The van der Waals surface area contributed by atoms with Crippen LogP contribution in [0.5, 0.6) is 0 Å². The van der Waals surface area contributed by atoms with Crippen LogP contribution in [0.4, 0.5) is 0 Å². The second kappa shape index (κ2) is 4.42. The van der Waals surface area contributed by atoms with Crippen molar-refractivity contribution in [3.05, 3.63) is 41.5 Å². The van der Waals surface area contributed by atoms with Gasteiger partial charge in [-0.3, -0.25) is 0 Å². The van der Waals surface area contributed by atoms with Crippen molar-refractivity contribution < 1.29 is 0 Å². The van der Waals surface area contributed by atoms with Crippen molar-refractivity contribution in [1.82, 2.24) is 5.32 Å². The molecular formula is C15H19N. The minimum absolute atomic E-state index is 0.458. The molecule has 1 aromatic rings. The van der Waals surface area contributed by atoms with Crippen LogP contribution in [0.25, 0.3) is 6.08 Å². The molecule has 1 nitrogen and oxygen atoms in total. The highest BCUT2D eigenvalue weighted by atomic mass is 14.9. The lowest BCUT2D eigenvalue weighted by Crippen LogP contribution is -2.33. The van der Waals surface area contributed by atoms with E-state index in [0.29, 0.717) is 6.04 Å². The number of nitrogens with one attached hydrogen (secondary N) is 1. The van der Waals surface area contributed by atoms with Crippen LogP contribution < -0.4 is 5.32 Å². The van der Waals surface area contributed by atoms with Gasteiger partial charge in [-0.05, 0) is 24.0 Å². The molecule has 0 bridgehead atoms. The highest BCUT2D eigenvalue weighted by molar-refractivity contribution is 5.61. The fourth-order valence-corrected chi connectivity index (χ4v) is 2.92. The highest BCUT2D eigenvalue weighted by Crippen LogP contribution is 2.29. The number of hydrogen-bond acceptors (Lipinski definition) is 1. The van der Waals surface area contributed by atoms with E-state index in [0.717, 1.165) is 6.04 Å². The standard InChI is InChI=1S/C15H19N/c1-2-7-13(8-3-1)16-15-11-10-12-6-4-5-9-14(12)15/h4-6,9-11,13,15-16H,1-3,7-8H2. The summed E-state index contributed by atoms with van der Waals surface area (Å²) in [5, 5.41) is 3.79. The maximum atomic E-state index is 3.79. The first-order valence-corrected chi connectivity index (χ1v) is 6.47. The van der Waals surface area contributed by atoms with Crippen LogP contribution in [0, 0.1) is 0 Å². The van der Waals surface area contributed by atoms with Crippen LogP contribution in [0.15, 0.2) is 30.3 Å². The van der Waals surface area contributed by atoms with Gasteiger partial charge >= 0.3 is 0 Å². The Morgan fingerprint density at radius 2 is 1.81 bits per heavy atom. The molecule has 1 aromatic carbocycles. The van der Waals surface area contributed by atoms with Gasteiger partial charge in [0.05, 0.1) is 6.04 Å². The largest absolute Gasteiger partial charge is 0.304 e. The van der Waals surface area contributed by atoms with Crippen molar-refractivity contribution in [2.24, 2.45) is 0 Å². The van der Waals surface area contributed by atoms with Gasteiger partial charge in [0.15, 0.2) is 0 Å². The Morgan fingerprint density at radius 1 is 1.00 bits per heavy atom. The third-order valence-corrected chi connectivity index (χ3v) is 3.82. The summed E-state index contributed by atoms with van der Waals surface area (Å²) < 4.78 is 0. The van der Waals surface area contributed by atoms with E-state index >= 15 is 0 Å². The van der Waals surface area contributed by atoms with E-state index in [9.17, 15) is 0 Å². The zero-order valence-electron chi connectivity index (χ0n) is 9.65. The molecule has 1 unspecified atom stereocenters. The van der Waals surface area contributed by atoms with E-state index in [-0.39, 0.29) is 0 Å². The summed E-state index contributed by atoms with van der Waals surface area (Å²) >= 11 is 0. The average molecular weight is 213 g/mol. The van der Waals surface area contributed by atoms with Crippen molar-refractivity contribution in [2.75, 3.05) is 0 Å². The molecule has 1 N–H and O–H groups in total. The molecular weight excluding hydrogens is 194 g/mol. The first-order valence-electron chi connectivity index (χ1n) is 6.47. The van der Waals surface area contributed by atoms with Crippen LogP contribution in [0.1, 0.15) is 49.3 Å². The minimum Gasteiger partial charge on any atom is -0.304 e. The second-order valence-corrected chi connectivity index (χ2v) is 4.97. The Hall–Kier alpha value is -1.08. The summed E-state index contributed by atoms with van der Waals surface area (Å²) in [5.74, 6) is 0. The van der Waals surface area contributed by atoms with Crippen molar-refractivity contribution in [3.63, 3.8) is 0 Å². The zero-order valence-corrected chi connectivity index (χ0v) is 9.65. The molecule has 1 heteroatoms. The first-order chi connectivity index (χ1) is 7.93. The molecule has 0 aromatic heterocycles. The van der Waals surface area contributed by atoms with E-state index in [4.69, 9.17) is 0 Å². The summed E-state index contributed by atoms with van der Waals surface area (Å²) in [5.41, 5.74) is 2.84. The van der Waals surface area contributed by atoms with E-state index in [1.54, 1.807) is 0 Å². The maximum absolute atomic E-state index is 3.79. The van der Waals surface area contributed by atoms with Gasteiger partial charge in [-0.2, -0.15) is 0 Å². The van der Waals surface area contributed by atoms with Crippen LogP contribution in [-0.4, -0.2) is 6.04 Å². The van der Waals surface area contributed by atoms with E-state index in [1.807, 2.05) is 0 Å². The Labute approximate surface area is 97.6 Å². The van der Waals surface area contributed by atoms with E-state index in [2.05, 4.69) is 41.7 Å². The maximum Gasteiger partial charge on any atom is 0.0517 e. The molecule has 1 fully saturated rings. The van der Waals surface area contributed by atoms with Gasteiger partial charge in [0, 0.05) is 6.04 Å². The molecule has 84 valence electrons. The average Bonchev–Trinajstić information content (AvgIpc) is 2.74. The van der Waals surface area contributed by atoms with Gasteiger partial charge in [0.25, 0.3) is 0 Å². The molecule has 0 spiro atoms. The lowest BCUT2D eigenvalue weighted by Gasteiger charge is -2.26. The van der Waals surface area contributed by atoms with Crippen LogP contribution in [-0.2, 0) is 0 Å². The molecule has 0 amide bonds. The van der Waals surface area contributed by atoms with Gasteiger partial charge in [0.2, 0.25) is 0 Å². The molecule has 1 atom stereocenters. The third-order valence-electron chi connectivity index (χ3n) is 3.82. The van der Waals surface area contributed by atoms with Gasteiger partial charge in [-0.1, -0.05) is 55.7 Å². The Kier molecular flexibility index (Phi) is 2.79. The molecule has 0 radical (unpaired) electrons. The van der Waals surface area contributed by atoms with Gasteiger partial charge in [-0.15, -0.1) is 0 Å². The lowest BCUT2D eigenvalue weighted by atomic mass is 9.94. The number of fused-ring (bicyclic) bond motifs is 1. The Bertz CT molecular complexity index is 388. The lowest BCUT2D eigenvalue weighted by molar-refractivity contribution is 0.359. The van der Waals surface area contributed by atoms with Crippen molar-refractivity contribution in [1.29, 1.82) is 0 Å². The molecule has 2 aliphatic carbocycles.